The van der Waals surface area contributed by atoms with Crippen molar-refractivity contribution in [2.24, 2.45) is 0 Å². The van der Waals surface area contributed by atoms with Gasteiger partial charge in [-0.25, -0.2) is 4.79 Å². The number of carbonyl (C=O) groups excluding carboxylic acids is 1. The SMILES string of the molecule is CCCCn1c(C#N)cc(N)c1Oc1ccc(C(=O)OC)cc1. The minimum absolute atomic E-state index is 0.408. The number of esters is 1. The zero-order valence-corrected chi connectivity index (χ0v) is 13.2. The Morgan fingerprint density at radius 3 is 2.61 bits per heavy atom. The molecule has 6 heteroatoms. The Morgan fingerprint density at radius 2 is 2.04 bits per heavy atom. The second kappa shape index (κ2) is 7.36. The molecule has 0 atom stereocenters. The average molecular weight is 313 g/mol. The highest BCUT2D eigenvalue weighted by molar-refractivity contribution is 5.89. The number of hydrogen-bond donors (Lipinski definition) is 1. The van der Waals surface area contributed by atoms with Crippen LogP contribution in [0.4, 0.5) is 5.69 Å². The third-order valence-corrected chi connectivity index (χ3v) is 3.41. The predicted octanol–water partition coefficient (Wildman–Crippen LogP) is 3.32. The Balaban J connectivity index is 2.27. The summed E-state index contributed by atoms with van der Waals surface area (Å²) in [5.41, 5.74) is 7.28. The summed E-state index contributed by atoms with van der Waals surface area (Å²) in [5.74, 6) is 0.569. The van der Waals surface area contributed by atoms with E-state index in [9.17, 15) is 10.1 Å². The maximum atomic E-state index is 11.4. The molecule has 1 aromatic heterocycles. The van der Waals surface area contributed by atoms with Crippen LogP contribution < -0.4 is 10.5 Å². The van der Waals surface area contributed by atoms with E-state index in [1.165, 1.54) is 7.11 Å². The molecule has 0 bridgehead atoms. The van der Waals surface area contributed by atoms with Gasteiger partial charge in [0.15, 0.2) is 0 Å². The Morgan fingerprint density at radius 1 is 1.35 bits per heavy atom. The summed E-state index contributed by atoms with van der Waals surface area (Å²) in [6, 6.07) is 10.3. The Labute approximate surface area is 135 Å². The summed E-state index contributed by atoms with van der Waals surface area (Å²) in [5, 5.41) is 9.21. The van der Waals surface area contributed by atoms with Crippen molar-refractivity contribution < 1.29 is 14.3 Å². The molecule has 0 aliphatic carbocycles. The molecule has 0 spiro atoms. The normalized spacial score (nSPS) is 10.1. The minimum Gasteiger partial charge on any atom is -0.465 e. The van der Waals surface area contributed by atoms with E-state index >= 15 is 0 Å². The summed E-state index contributed by atoms with van der Waals surface area (Å²) in [4.78, 5) is 11.4. The van der Waals surface area contributed by atoms with Gasteiger partial charge in [-0.2, -0.15) is 5.26 Å². The van der Waals surface area contributed by atoms with Crippen molar-refractivity contribution in [1.82, 2.24) is 4.57 Å². The lowest BCUT2D eigenvalue weighted by atomic mass is 10.2. The number of carbonyl (C=O) groups is 1. The molecule has 120 valence electrons. The highest BCUT2D eigenvalue weighted by atomic mass is 16.5. The Hall–Kier alpha value is -2.94. The molecule has 0 radical (unpaired) electrons. The number of anilines is 1. The van der Waals surface area contributed by atoms with Gasteiger partial charge in [0.25, 0.3) is 0 Å². The number of benzene rings is 1. The summed E-state index contributed by atoms with van der Waals surface area (Å²) >= 11 is 0. The van der Waals surface area contributed by atoms with Gasteiger partial charge in [0.1, 0.15) is 17.5 Å². The fourth-order valence-corrected chi connectivity index (χ4v) is 2.19. The van der Waals surface area contributed by atoms with Gasteiger partial charge >= 0.3 is 5.97 Å². The molecular formula is C17H19N3O3. The number of rotatable bonds is 6. The van der Waals surface area contributed by atoms with E-state index in [1.807, 2.05) is 0 Å². The van der Waals surface area contributed by atoms with Crippen molar-refractivity contribution in [3.05, 3.63) is 41.6 Å². The smallest absolute Gasteiger partial charge is 0.337 e. The number of unbranched alkanes of at least 4 members (excludes halogenated alkanes) is 1. The minimum atomic E-state index is -0.408. The van der Waals surface area contributed by atoms with Crippen LogP contribution in [0.5, 0.6) is 11.6 Å². The number of hydrogen-bond acceptors (Lipinski definition) is 5. The fraction of sp³-hybridized carbons (Fsp3) is 0.294. The van der Waals surface area contributed by atoms with Crippen molar-refractivity contribution in [3.8, 4) is 17.7 Å². The number of nitrogens with zero attached hydrogens (tertiary/aromatic N) is 2. The summed E-state index contributed by atoms with van der Waals surface area (Å²) in [7, 11) is 1.33. The van der Waals surface area contributed by atoms with Crippen molar-refractivity contribution in [2.45, 2.75) is 26.3 Å². The van der Waals surface area contributed by atoms with Gasteiger partial charge in [-0.05, 0) is 30.7 Å². The Kier molecular flexibility index (Phi) is 5.26. The lowest BCUT2D eigenvalue weighted by Crippen LogP contribution is -2.04. The van der Waals surface area contributed by atoms with Crippen LogP contribution >= 0.6 is 0 Å². The largest absolute Gasteiger partial charge is 0.465 e. The van der Waals surface area contributed by atoms with Crippen LogP contribution in [-0.2, 0) is 11.3 Å². The molecule has 0 saturated heterocycles. The zero-order valence-electron chi connectivity index (χ0n) is 13.2. The standard InChI is InChI=1S/C17H19N3O3/c1-3-4-9-20-13(11-18)10-15(19)16(20)23-14-7-5-12(6-8-14)17(21)22-2/h5-8,10H,3-4,9,19H2,1-2H3. The summed E-state index contributed by atoms with van der Waals surface area (Å²) < 4.78 is 12.2. The second-order valence-corrected chi connectivity index (χ2v) is 5.03. The van der Waals surface area contributed by atoms with Crippen LogP contribution in [-0.4, -0.2) is 17.6 Å². The molecule has 0 aliphatic heterocycles. The van der Waals surface area contributed by atoms with Gasteiger partial charge in [-0.3, -0.25) is 0 Å². The molecule has 6 nitrogen and oxygen atoms in total. The van der Waals surface area contributed by atoms with Crippen LogP contribution in [0.25, 0.3) is 0 Å². The van der Waals surface area contributed by atoms with Crippen molar-refractivity contribution in [3.63, 3.8) is 0 Å². The molecule has 23 heavy (non-hydrogen) atoms. The topological polar surface area (TPSA) is 90.3 Å². The lowest BCUT2D eigenvalue weighted by Gasteiger charge is -2.12. The van der Waals surface area contributed by atoms with E-state index in [2.05, 4.69) is 17.7 Å². The molecule has 2 aromatic rings. The maximum Gasteiger partial charge on any atom is 0.337 e. The number of methoxy groups -OCH3 is 1. The second-order valence-electron chi connectivity index (χ2n) is 5.03. The molecule has 0 fully saturated rings. The van der Waals surface area contributed by atoms with Crippen LogP contribution in [0.3, 0.4) is 0 Å². The van der Waals surface area contributed by atoms with Crippen LogP contribution in [0, 0.1) is 11.3 Å². The molecule has 2 N–H and O–H groups in total. The van der Waals surface area contributed by atoms with Crippen LogP contribution in [0.1, 0.15) is 35.8 Å². The van der Waals surface area contributed by atoms with Crippen molar-refractivity contribution in [2.75, 3.05) is 12.8 Å². The first-order valence-electron chi connectivity index (χ1n) is 7.36. The van der Waals surface area contributed by atoms with Gasteiger partial charge < -0.3 is 19.8 Å². The Bertz CT molecular complexity index is 727. The molecule has 0 amide bonds. The number of nitrogen functional groups attached to an aromatic ring is 1. The van der Waals surface area contributed by atoms with Gasteiger partial charge in [0, 0.05) is 12.6 Å². The average Bonchev–Trinajstić information content (AvgIpc) is 2.88. The van der Waals surface area contributed by atoms with Gasteiger partial charge in [0.2, 0.25) is 5.88 Å². The third kappa shape index (κ3) is 3.64. The molecule has 1 aromatic carbocycles. The van der Waals surface area contributed by atoms with E-state index in [0.717, 1.165) is 12.8 Å². The van der Waals surface area contributed by atoms with Crippen LogP contribution in [0.15, 0.2) is 30.3 Å². The highest BCUT2D eigenvalue weighted by Crippen LogP contribution is 2.31. The summed E-state index contributed by atoms with van der Waals surface area (Å²) in [6.07, 6.45) is 1.91. The summed E-state index contributed by atoms with van der Waals surface area (Å²) in [6.45, 7) is 2.73. The van der Waals surface area contributed by atoms with E-state index in [0.29, 0.717) is 35.1 Å². The first-order chi connectivity index (χ1) is 11.1. The van der Waals surface area contributed by atoms with Gasteiger partial charge in [-0.1, -0.05) is 13.3 Å². The quantitative estimate of drug-likeness (QED) is 0.826. The monoisotopic (exact) mass is 313 g/mol. The number of ether oxygens (including phenoxy) is 2. The van der Waals surface area contributed by atoms with E-state index < -0.39 is 5.97 Å². The first kappa shape index (κ1) is 16.4. The molecular weight excluding hydrogens is 294 g/mol. The maximum absolute atomic E-state index is 11.4. The molecule has 2 rings (SSSR count). The number of nitrogens with two attached hydrogens (primary N) is 1. The fourth-order valence-electron chi connectivity index (χ4n) is 2.19. The van der Waals surface area contributed by atoms with Crippen molar-refractivity contribution in [1.29, 1.82) is 5.26 Å². The molecule has 1 heterocycles. The predicted molar refractivity (Wildman–Crippen MR) is 86.3 cm³/mol. The zero-order chi connectivity index (χ0) is 16.8. The van der Waals surface area contributed by atoms with Crippen molar-refractivity contribution >= 4 is 11.7 Å². The van der Waals surface area contributed by atoms with E-state index in [-0.39, 0.29) is 0 Å². The van der Waals surface area contributed by atoms with E-state index in [1.54, 1.807) is 34.9 Å². The number of aromatic nitrogens is 1. The molecule has 0 unspecified atom stereocenters. The molecule has 0 saturated carbocycles. The number of nitriles is 1. The van der Waals surface area contributed by atoms with Gasteiger partial charge in [-0.15, -0.1) is 0 Å². The van der Waals surface area contributed by atoms with E-state index in [4.69, 9.17) is 10.5 Å². The first-order valence-corrected chi connectivity index (χ1v) is 7.36. The third-order valence-electron chi connectivity index (χ3n) is 3.41. The molecule has 0 aliphatic rings. The lowest BCUT2D eigenvalue weighted by molar-refractivity contribution is 0.0600. The van der Waals surface area contributed by atoms with Crippen LogP contribution in [0.2, 0.25) is 0 Å². The van der Waals surface area contributed by atoms with Gasteiger partial charge in [0.05, 0.1) is 18.4 Å². The highest BCUT2D eigenvalue weighted by Gasteiger charge is 2.15.